The number of hydrogen-bond donors (Lipinski definition) is 2. The molecule has 5 heteroatoms. The predicted molar refractivity (Wildman–Crippen MR) is 171 cm³/mol. The van der Waals surface area contributed by atoms with Gasteiger partial charge < -0.3 is 14.9 Å². The number of carbonyl (C=O) groups excluding carboxylic acids is 2. The lowest BCUT2D eigenvalue weighted by Crippen LogP contribution is -2.10. The number of benzene rings is 6. The van der Waals surface area contributed by atoms with Gasteiger partial charge in [-0.25, -0.2) is 0 Å². The molecule has 0 saturated heterocycles. The van der Waals surface area contributed by atoms with Crippen LogP contribution in [-0.2, 0) is 0 Å². The monoisotopic (exact) mass is 566 g/mol. The molecule has 6 aromatic carbocycles. The summed E-state index contributed by atoms with van der Waals surface area (Å²) in [6.07, 6.45) is 0. The van der Waals surface area contributed by atoms with Crippen LogP contribution in [0, 0.1) is 0 Å². The number of phenols is 1. The summed E-state index contributed by atoms with van der Waals surface area (Å²) in [7, 11) is 0. The molecule has 0 radical (unpaired) electrons. The lowest BCUT2D eigenvalue weighted by atomic mass is 9.83. The largest absolute Gasteiger partial charge is 0.508 e. The zero-order valence-corrected chi connectivity index (χ0v) is 23.9. The SMILES string of the molecule is CC.O=C1c2ccccc2-c2cc(O)cc3cccc1c23.O=C1c2ccccc2-c2cc(OCCO)cc3cccc1c23. The molecule has 0 atom stereocenters. The molecule has 0 amide bonds. The third-order valence-electron chi connectivity index (χ3n) is 7.69. The molecule has 0 heterocycles. The van der Waals surface area contributed by atoms with Gasteiger partial charge in [-0.15, -0.1) is 0 Å². The molecule has 6 aromatic rings. The zero-order valence-electron chi connectivity index (χ0n) is 23.9. The number of ether oxygens (including phenoxy) is 1. The number of rotatable bonds is 3. The first-order valence-corrected chi connectivity index (χ1v) is 14.4. The summed E-state index contributed by atoms with van der Waals surface area (Å²) in [5.74, 6) is 1.05. The van der Waals surface area contributed by atoms with Gasteiger partial charge in [0.25, 0.3) is 0 Å². The molecule has 43 heavy (non-hydrogen) atoms. The van der Waals surface area contributed by atoms with E-state index in [1.165, 1.54) is 0 Å². The van der Waals surface area contributed by atoms with Crippen molar-refractivity contribution in [3.05, 3.63) is 131 Å². The Labute approximate surface area is 249 Å². The maximum absolute atomic E-state index is 12.7. The summed E-state index contributed by atoms with van der Waals surface area (Å²) >= 11 is 0. The second-order valence-corrected chi connectivity index (χ2v) is 10.1. The minimum Gasteiger partial charge on any atom is -0.508 e. The maximum Gasteiger partial charge on any atom is 0.194 e. The van der Waals surface area contributed by atoms with Crippen molar-refractivity contribution in [3.63, 3.8) is 0 Å². The number of fused-ring (bicyclic) bond motifs is 4. The van der Waals surface area contributed by atoms with Crippen LogP contribution in [-0.4, -0.2) is 35.0 Å². The number of aliphatic hydroxyl groups is 1. The van der Waals surface area contributed by atoms with Crippen LogP contribution in [0.2, 0.25) is 0 Å². The van der Waals surface area contributed by atoms with E-state index in [2.05, 4.69) is 0 Å². The summed E-state index contributed by atoms with van der Waals surface area (Å²) in [5.41, 5.74) is 6.65. The van der Waals surface area contributed by atoms with Gasteiger partial charge in [-0.05, 0) is 57.3 Å². The van der Waals surface area contributed by atoms with Crippen molar-refractivity contribution < 1.29 is 24.5 Å². The van der Waals surface area contributed by atoms with Gasteiger partial charge >= 0.3 is 0 Å². The minimum atomic E-state index is -0.0253. The summed E-state index contributed by atoms with van der Waals surface area (Å²) in [4.78, 5) is 25.2. The molecule has 0 unspecified atom stereocenters. The van der Waals surface area contributed by atoms with E-state index in [0.29, 0.717) is 16.9 Å². The molecule has 0 spiro atoms. The number of phenolic OH excluding ortho intramolecular Hbond substituents is 1. The van der Waals surface area contributed by atoms with Gasteiger partial charge in [0.2, 0.25) is 0 Å². The first kappa shape index (κ1) is 27.9. The van der Waals surface area contributed by atoms with Crippen molar-refractivity contribution >= 4 is 33.1 Å². The van der Waals surface area contributed by atoms with Crippen molar-refractivity contribution in [2.45, 2.75) is 13.8 Å². The van der Waals surface area contributed by atoms with Crippen molar-refractivity contribution in [3.8, 4) is 33.8 Å². The van der Waals surface area contributed by atoms with E-state index < -0.39 is 0 Å². The van der Waals surface area contributed by atoms with E-state index in [1.807, 2.05) is 111 Å². The quantitative estimate of drug-likeness (QED) is 0.225. The second-order valence-electron chi connectivity index (χ2n) is 10.1. The fourth-order valence-corrected chi connectivity index (χ4v) is 5.98. The first-order valence-electron chi connectivity index (χ1n) is 14.4. The fourth-order valence-electron chi connectivity index (χ4n) is 5.98. The second kappa shape index (κ2) is 11.6. The van der Waals surface area contributed by atoms with Gasteiger partial charge in [-0.3, -0.25) is 9.59 Å². The molecule has 212 valence electrons. The van der Waals surface area contributed by atoms with Gasteiger partial charge in [0.15, 0.2) is 11.6 Å². The molecule has 0 fully saturated rings. The third kappa shape index (κ3) is 4.74. The molecule has 0 bridgehead atoms. The van der Waals surface area contributed by atoms with Crippen molar-refractivity contribution in [2.75, 3.05) is 13.2 Å². The van der Waals surface area contributed by atoms with Gasteiger partial charge in [0.1, 0.15) is 18.1 Å². The zero-order chi connectivity index (χ0) is 30.1. The smallest absolute Gasteiger partial charge is 0.194 e. The minimum absolute atomic E-state index is 0.0253. The van der Waals surface area contributed by atoms with Crippen LogP contribution in [0.5, 0.6) is 11.5 Å². The van der Waals surface area contributed by atoms with Crippen LogP contribution in [0.3, 0.4) is 0 Å². The Morgan fingerprint density at radius 2 is 1.00 bits per heavy atom. The lowest BCUT2D eigenvalue weighted by Gasteiger charge is -2.20. The van der Waals surface area contributed by atoms with Crippen LogP contribution in [0.4, 0.5) is 0 Å². The fraction of sp³-hybridized carbons (Fsp3) is 0.105. The average molecular weight is 567 g/mol. The van der Waals surface area contributed by atoms with Crippen LogP contribution < -0.4 is 4.74 Å². The topological polar surface area (TPSA) is 83.8 Å². The Morgan fingerprint density at radius 3 is 1.53 bits per heavy atom. The molecule has 5 nitrogen and oxygen atoms in total. The molecule has 2 aliphatic rings. The van der Waals surface area contributed by atoms with Crippen molar-refractivity contribution in [2.24, 2.45) is 0 Å². The molecule has 2 N–H and O–H groups in total. The van der Waals surface area contributed by atoms with Crippen LogP contribution in [0.25, 0.3) is 43.8 Å². The number of aliphatic hydroxyl groups excluding tert-OH is 1. The summed E-state index contributed by atoms with van der Waals surface area (Å²) in [6.45, 7) is 4.23. The molecule has 0 saturated carbocycles. The van der Waals surface area contributed by atoms with E-state index in [1.54, 1.807) is 12.1 Å². The molecular formula is C38H30O5. The molecular weight excluding hydrogens is 536 g/mol. The van der Waals surface area contributed by atoms with E-state index in [9.17, 15) is 14.7 Å². The highest BCUT2D eigenvalue weighted by atomic mass is 16.5. The average Bonchev–Trinajstić information content (AvgIpc) is 3.05. The Morgan fingerprint density at radius 1 is 0.535 bits per heavy atom. The Hall–Kier alpha value is -5.26. The molecule has 0 aliphatic heterocycles. The number of aromatic hydroxyl groups is 1. The number of hydrogen-bond acceptors (Lipinski definition) is 5. The summed E-state index contributed by atoms with van der Waals surface area (Å²) in [6, 6.07) is 33.9. The summed E-state index contributed by atoms with van der Waals surface area (Å²) in [5, 5.41) is 22.6. The van der Waals surface area contributed by atoms with E-state index in [4.69, 9.17) is 9.84 Å². The van der Waals surface area contributed by atoms with Gasteiger partial charge in [0.05, 0.1) is 6.61 Å². The first-order chi connectivity index (χ1) is 21.0. The van der Waals surface area contributed by atoms with Crippen LogP contribution in [0.15, 0.2) is 109 Å². The van der Waals surface area contributed by atoms with Crippen molar-refractivity contribution in [1.29, 1.82) is 0 Å². The van der Waals surface area contributed by atoms with Gasteiger partial charge in [-0.2, -0.15) is 0 Å². The lowest BCUT2D eigenvalue weighted by molar-refractivity contribution is 0.103. The van der Waals surface area contributed by atoms with Crippen molar-refractivity contribution in [1.82, 2.24) is 0 Å². The predicted octanol–water partition coefficient (Wildman–Crippen LogP) is 8.21. The summed E-state index contributed by atoms with van der Waals surface area (Å²) < 4.78 is 5.58. The van der Waals surface area contributed by atoms with E-state index in [0.717, 1.165) is 54.9 Å². The Kier molecular flexibility index (Phi) is 7.49. The maximum atomic E-state index is 12.7. The van der Waals surface area contributed by atoms with Gasteiger partial charge in [0, 0.05) is 33.0 Å². The van der Waals surface area contributed by atoms with E-state index >= 15 is 0 Å². The Bertz CT molecular complexity index is 2040. The van der Waals surface area contributed by atoms with Crippen LogP contribution >= 0.6 is 0 Å². The molecule has 8 rings (SSSR count). The molecule has 2 aliphatic carbocycles. The van der Waals surface area contributed by atoms with Crippen LogP contribution in [0.1, 0.15) is 45.7 Å². The Balaban J connectivity index is 0.000000146. The third-order valence-corrected chi connectivity index (χ3v) is 7.69. The normalized spacial score (nSPS) is 12.0. The highest BCUT2D eigenvalue weighted by Gasteiger charge is 2.26. The number of ketones is 2. The number of carbonyl (C=O) groups is 2. The molecule has 0 aromatic heterocycles. The van der Waals surface area contributed by atoms with E-state index in [-0.39, 0.29) is 30.5 Å². The van der Waals surface area contributed by atoms with Gasteiger partial charge in [-0.1, -0.05) is 98.8 Å². The standard InChI is InChI=1S/C19H14O3.C17H10O2.C2H6/c20-8-9-22-13-10-12-4-3-7-16-18(12)17(11-13)14-5-1-2-6-15(14)19(16)21;18-11-8-10-4-3-7-14-16(10)15(9-11)12-5-1-2-6-13(12)17(14)19;1-2/h1-7,10-11,20H,8-9H2;1-9,18H;1-2H3. The highest BCUT2D eigenvalue weighted by molar-refractivity contribution is 6.27. The highest BCUT2D eigenvalue weighted by Crippen LogP contribution is 2.42.